The number of methoxy groups -OCH3 is 1. The van der Waals surface area contributed by atoms with Gasteiger partial charge in [-0.05, 0) is 19.1 Å². The molecule has 136 valence electrons. The van der Waals surface area contributed by atoms with Gasteiger partial charge in [0.2, 0.25) is 0 Å². The molecule has 0 radical (unpaired) electrons. The summed E-state index contributed by atoms with van der Waals surface area (Å²) in [5.74, 6) is 2.11. The number of nitrogens with zero attached hydrogens (tertiary/aromatic N) is 1. The Labute approximate surface area is 144 Å². The van der Waals surface area contributed by atoms with Crippen molar-refractivity contribution in [3.8, 4) is 11.5 Å². The van der Waals surface area contributed by atoms with Gasteiger partial charge in [0.1, 0.15) is 6.10 Å². The summed E-state index contributed by atoms with van der Waals surface area (Å²) in [5, 5.41) is 6.09. The van der Waals surface area contributed by atoms with E-state index in [2.05, 4.69) is 15.6 Å². The number of sulfone groups is 1. The van der Waals surface area contributed by atoms with Crippen molar-refractivity contribution < 1.29 is 17.9 Å². The predicted molar refractivity (Wildman–Crippen MR) is 96.8 cm³/mol. The second-order valence-electron chi connectivity index (χ2n) is 5.20. The van der Waals surface area contributed by atoms with Gasteiger partial charge in [-0.15, -0.1) is 0 Å². The lowest BCUT2D eigenvalue weighted by atomic mass is 10.3. The molecule has 0 spiro atoms. The highest BCUT2D eigenvalue weighted by Gasteiger charge is 2.10. The molecule has 0 aliphatic carbocycles. The van der Waals surface area contributed by atoms with Crippen molar-refractivity contribution in [2.75, 3.05) is 38.8 Å². The van der Waals surface area contributed by atoms with Crippen LogP contribution < -0.4 is 20.1 Å². The van der Waals surface area contributed by atoms with E-state index in [1.165, 1.54) is 0 Å². The van der Waals surface area contributed by atoms with Crippen molar-refractivity contribution in [2.45, 2.75) is 20.0 Å². The number of ether oxygens (including phenoxy) is 2. The van der Waals surface area contributed by atoms with Gasteiger partial charge in [0.15, 0.2) is 27.3 Å². The Bertz CT molecular complexity index is 632. The van der Waals surface area contributed by atoms with Crippen molar-refractivity contribution in [2.24, 2.45) is 4.99 Å². The van der Waals surface area contributed by atoms with Crippen LogP contribution in [0.3, 0.4) is 0 Å². The van der Waals surface area contributed by atoms with E-state index in [-0.39, 0.29) is 17.6 Å². The minimum Gasteiger partial charge on any atom is -0.493 e. The summed E-state index contributed by atoms with van der Waals surface area (Å²) in [6.45, 7) is 4.39. The van der Waals surface area contributed by atoms with Crippen LogP contribution in [0.1, 0.15) is 13.8 Å². The first kappa shape index (κ1) is 20.1. The average Bonchev–Trinajstić information content (AvgIpc) is 2.58. The first-order chi connectivity index (χ1) is 11.4. The minimum absolute atomic E-state index is 0.0808. The Morgan fingerprint density at radius 3 is 2.50 bits per heavy atom. The zero-order valence-electron chi connectivity index (χ0n) is 14.7. The van der Waals surface area contributed by atoms with Gasteiger partial charge in [-0.1, -0.05) is 19.1 Å². The van der Waals surface area contributed by atoms with Gasteiger partial charge in [-0.3, -0.25) is 4.99 Å². The van der Waals surface area contributed by atoms with Crippen LogP contribution in [0.4, 0.5) is 0 Å². The fraction of sp³-hybridized carbons (Fsp3) is 0.562. The number of hydrogen-bond acceptors (Lipinski definition) is 5. The fourth-order valence-electron chi connectivity index (χ4n) is 1.90. The van der Waals surface area contributed by atoms with E-state index in [4.69, 9.17) is 9.47 Å². The van der Waals surface area contributed by atoms with Crippen LogP contribution in [0.25, 0.3) is 0 Å². The Hall–Kier alpha value is -1.96. The van der Waals surface area contributed by atoms with E-state index in [1.807, 2.05) is 31.2 Å². The van der Waals surface area contributed by atoms with E-state index >= 15 is 0 Å². The standard InChI is InChI=1S/C16H27N3O4S/c1-5-24(20,21)11-10-18-16(17-3)19-12-13(2)23-15-9-7-6-8-14(15)22-4/h6-9,13H,5,10-12H2,1-4H3,(H2,17,18,19). The summed E-state index contributed by atoms with van der Waals surface area (Å²) < 4.78 is 34.0. The smallest absolute Gasteiger partial charge is 0.191 e. The van der Waals surface area contributed by atoms with Crippen LogP contribution in [0.15, 0.2) is 29.3 Å². The molecule has 0 aliphatic rings. The Balaban J connectivity index is 2.42. The molecule has 1 atom stereocenters. The quantitative estimate of drug-likeness (QED) is 0.507. The molecule has 0 bridgehead atoms. The Morgan fingerprint density at radius 2 is 1.92 bits per heavy atom. The largest absolute Gasteiger partial charge is 0.493 e. The van der Waals surface area contributed by atoms with E-state index in [9.17, 15) is 8.42 Å². The van der Waals surface area contributed by atoms with Gasteiger partial charge in [0.25, 0.3) is 0 Å². The third-order valence-electron chi connectivity index (χ3n) is 3.32. The maximum absolute atomic E-state index is 11.5. The summed E-state index contributed by atoms with van der Waals surface area (Å²) in [6.07, 6.45) is -0.126. The first-order valence-electron chi connectivity index (χ1n) is 7.86. The molecule has 0 saturated carbocycles. The number of hydrogen-bond donors (Lipinski definition) is 2. The lowest BCUT2D eigenvalue weighted by Crippen LogP contribution is -2.43. The molecule has 1 aromatic rings. The van der Waals surface area contributed by atoms with Crippen molar-refractivity contribution in [1.82, 2.24) is 10.6 Å². The summed E-state index contributed by atoms with van der Waals surface area (Å²) in [4.78, 5) is 4.07. The monoisotopic (exact) mass is 357 g/mol. The molecule has 7 nitrogen and oxygen atoms in total. The maximum Gasteiger partial charge on any atom is 0.191 e. The molecule has 24 heavy (non-hydrogen) atoms. The van der Waals surface area contributed by atoms with Gasteiger partial charge >= 0.3 is 0 Å². The summed E-state index contributed by atoms with van der Waals surface area (Å²) in [7, 11) is 0.246. The number of rotatable bonds is 9. The number of guanidine groups is 1. The maximum atomic E-state index is 11.5. The molecular formula is C16H27N3O4S. The highest BCUT2D eigenvalue weighted by Crippen LogP contribution is 2.26. The van der Waals surface area contributed by atoms with Gasteiger partial charge in [-0.25, -0.2) is 8.42 Å². The molecule has 1 unspecified atom stereocenters. The molecule has 2 N–H and O–H groups in total. The van der Waals surface area contributed by atoms with Gasteiger partial charge < -0.3 is 20.1 Å². The van der Waals surface area contributed by atoms with Gasteiger partial charge in [-0.2, -0.15) is 0 Å². The van der Waals surface area contributed by atoms with E-state index in [0.717, 1.165) is 0 Å². The molecule has 1 aromatic carbocycles. The van der Waals surface area contributed by atoms with Crippen molar-refractivity contribution in [3.63, 3.8) is 0 Å². The second kappa shape index (κ2) is 10.0. The molecule has 0 aliphatic heterocycles. The van der Waals surface area contributed by atoms with Crippen molar-refractivity contribution in [1.29, 1.82) is 0 Å². The summed E-state index contributed by atoms with van der Waals surface area (Å²) >= 11 is 0. The van der Waals surface area contributed by atoms with Gasteiger partial charge in [0.05, 0.1) is 19.4 Å². The van der Waals surface area contributed by atoms with Crippen LogP contribution in [0, 0.1) is 0 Å². The van der Waals surface area contributed by atoms with Crippen molar-refractivity contribution >= 4 is 15.8 Å². The lowest BCUT2D eigenvalue weighted by Gasteiger charge is -2.19. The molecular weight excluding hydrogens is 330 g/mol. The molecule has 0 saturated heterocycles. The molecule has 0 heterocycles. The summed E-state index contributed by atoms with van der Waals surface area (Å²) in [5.41, 5.74) is 0. The molecule has 0 amide bonds. The van der Waals surface area contributed by atoms with Crippen LogP contribution in [0.2, 0.25) is 0 Å². The van der Waals surface area contributed by atoms with Crippen LogP contribution >= 0.6 is 0 Å². The third-order valence-corrected chi connectivity index (χ3v) is 5.03. The van der Waals surface area contributed by atoms with E-state index in [1.54, 1.807) is 21.1 Å². The SMILES string of the molecule is CCS(=O)(=O)CCNC(=NC)NCC(C)Oc1ccccc1OC. The fourth-order valence-corrected chi connectivity index (χ4v) is 2.61. The normalized spacial score (nSPS) is 13.2. The predicted octanol–water partition coefficient (Wildman–Crippen LogP) is 1.06. The number of aliphatic imine (C=N–C) groups is 1. The van der Waals surface area contributed by atoms with Crippen molar-refractivity contribution in [3.05, 3.63) is 24.3 Å². The second-order valence-corrected chi connectivity index (χ2v) is 7.67. The lowest BCUT2D eigenvalue weighted by molar-refractivity contribution is 0.213. The number of benzene rings is 1. The number of para-hydroxylation sites is 2. The highest BCUT2D eigenvalue weighted by atomic mass is 32.2. The third kappa shape index (κ3) is 7.08. The first-order valence-corrected chi connectivity index (χ1v) is 9.68. The summed E-state index contributed by atoms with van der Waals surface area (Å²) in [6, 6.07) is 7.44. The number of nitrogens with one attached hydrogen (secondary N) is 2. The molecule has 0 fully saturated rings. The van der Waals surface area contributed by atoms with E-state index in [0.29, 0.717) is 30.5 Å². The topological polar surface area (TPSA) is 89.0 Å². The molecule has 0 aromatic heterocycles. The van der Waals surface area contributed by atoms with Crippen LogP contribution in [-0.2, 0) is 9.84 Å². The Morgan fingerprint density at radius 1 is 1.25 bits per heavy atom. The van der Waals surface area contributed by atoms with Crippen LogP contribution in [0.5, 0.6) is 11.5 Å². The van der Waals surface area contributed by atoms with E-state index < -0.39 is 9.84 Å². The minimum atomic E-state index is -2.99. The highest BCUT2D eigenvalue weighted by molar-refractivity contribution is 7.91. The molecule has 1 rings (SSSR count). The Kier molecular flexibility index (Phi) is 8.39. The van der Waals surface area contributed by atoms with Gasteiger partial charge in [0, 0.05) is 19.3 Å². The zero-order chi connectivity index (χ0) is 18.0. The molecule has 8 heteroatoms. The average molecular weight is 357 g/mol. The van der Waals surface area contributed by atoms with Crippen LogP contribution in [-0.4, -0.2) is 59.2 Å². The zero-order valence-corrected chi connectivity index (χ0v) is 15.5.